The lowest BCUT2D eigenvalue weighted by atomic mass is 9.51. The number of fused-ring (bicyclic) bond motifs is 18. The Morgan fingerprint density at radius 1 is 0.266 bits per heavy atom. The van der Waals surface area contributed by atoms with Gasteiger partial charge in [0.2, 0.25) is 0 Å². The monoisotopic (exact) mass is 873 g/mol. The first kappa shape index (κ1) is 41.6. The highest BCUT2D eigenvalue weighted by atomic mass is 15.4. The van der Waals surface area contributed by atoms with Crippen LogP contribution in [-0.4, -0.2) is 92.1 Å². The summed E-state index contributed by atoms with van der Waals surface area (Å²) < 4.78 is 0. The second kappa shape index (κ2) is 15.7. The van der Waals surface area contributed by atoms with Crippen LogP contribution in [0.2, 0.25) is 0 Å². The molecule has 4 nitrogen and oxygen atoms in total. The number of nitrogens with zero attached hydrogens (tertiary/aromatic N) is 4. The molecule has 4 heteroatoms. The molecule has 15 rings (SSSR count). The van der Waals surface area contributed by atoms with Crippen LogP contribution in [0.4, 0.5) is 0 Å². The lowest BCUT2D eigenvalue weighted by Gasteiger charge is -2.58. The fraction of sp³-hybridized carbons (Fsp3) is 1.00. The molecule has 0 aromatic rings. The molecule has 6 aliphatic heterocycles. The molecular weight excluding hydrogens is 777 g/mol. The van der Waals surface area contributed by atoms with E-state index in [1.807, 2.05) is 0 Å². The standard InChI is InChI=1S/C60H96N4/c1-33(2)53-55-41-25-15-23-39-46-32-50-44(38-22-12-14-28-48(38)62(50)36-19-9-6-10-20-36)30-52(46)64(57(39)41)60(55)54(34(3)4)56-42-26-16-24-40-45-31-49-43(29-51(45)63(58(40)42)59(53)56)37-21-11-13-27-47(37)61(49)35-17-7-5-8-18-35/h33-60H,5-32H2,1-4H3. The first-order chi connectivity index (χ1) is 31.5. The summed E-state index contributed by atoms with van der Waals surface area (Å²) in [5, 5.41) is 0. The van der Waals surface area contributed by atoms with Gasteiger partial charge in [-0.1, -0.05) is 105 Å². The van der Waals surface area contributed by atoms with Crippen molar-refractivity contribution < 1.29 is 0 Å². The summed E-state index contributed by atoms with van der Waals surface area (Å²) in [4.78, 5) is 14.0. The molecule has 0 spiro atoms. The largest absolute Gasteiger partial charge is 0.294 e. The lowest BCUT2D eigenvalue weighted by molar-refractivity contribution is -0.0890. The maximum atomic E-state index is 3.61. The number of likely N-dealkylation sites (tertiary alicyclic amines) is 2. The molecule has 0 aromatic carbocycles. The van der Waals surface area contributed by atoms with E-state index in [0.29, 0.717) is 0 Å². The summed E-state index contributed by atoms with van der Waals surface area (Å²) in [6, 6.07) is 11.1. The maximum Gasteiger partial charge on any atom is 0.0170 e. The van der Waals surface area contributed by atoms with Crippen LogP contribution in [-0.2, 0) is 0 Å². The first-order valence-corrected chi connectivity index (χ1v) is 30.6. The average Bonchev–Trinajstić information content (AvgIpc) is 4.16. The molecule has 9 aliphatic carbocycles. The molecule has 24 atom stereocenters. The van der Waals surface area contributed by atoms with E-state index in [4.69, 9.17) is 0 Å². The summed E-state index contributed by atoms with van der Waals surface area (Å²) in [7, 11) is 0. The first-order valence-electron chi connectivity index (χ1n) is 30.6. The van der Waals surface area contributed by atoms with Gasteiger partial charge in [0.25, 0.3) is 0 Å². The maximum absolute atomic E-state index is 3.61. The SMILES string of the molecule is CC(C)C1C2C3CCCC4C5CC6C(CC5N(C43)C2C(C(C)C)C2C3CCCC4C5CC7C(CC5N(C43)C12)C1CCCCC1N7C1CCCCC1)C1CCCCC1N6C1CCCCC1. The fourth-order valence-corrected chi connectivity index (χ4v) is 25.4. The van der Waals surface area contributed by atoms with Gasteiger partial charge in [-0.15, -0.1) is 0 Å². The van der Waals surface area contributed by atoms with Crippen molar-refractivity contribution in [3.63, 3.8) is 0 Å². The molecule has 24 unspecified atom stereocenters. The quantitative estimate of drug-likeness (QED) is 0.279. The Morgan fingerprint density at radius 3 is 1.00 bits per heavy atom. The summed E-state index contributed by atoms with van der Waals surface area (Å²) in [6.07, 6.45) is 43.5. The molecule has 6 heterocycles. The minimum Gasteiger partial charge on any atom is -0.294 e. The van der Waals surface area contributed by atoms with Crippen molar-refractivity contribution in [1.29, 1.82) is 0 Å². The number of hydrogen-bond donors (Lipinski definition) is 0. The highest BCUT2D eigenvalue weighted by Gasteiger charge is 2.76. The molecule has 6 saturated heterocycles. The van der Waals surface area contributed by atoms with Crippen LogP contribution in [0.1, 0.15) is 207 Å². The molecule has 9 saturated carbocycles. The van der Waals surface area contributed by atoms with E-state index in [9.17, 15) is 0 Å². The lowest BCUT2D eigenvalue weighted by Crippen LogP contribution is -2.63. The topological polar surface area (TPSA) is 13.0 Å². The van der Waals surface area contributed by atoms with E-state index < -0.39 is 0 Å². The predicted octanol–water partition coefficient (Wildman–Crippen LogP) is 12.7. The van der Waals surface area contributed by atoms with Crippen LogP contribution in [0, 0.1) is 94.7 Å². The second-order valence-electron chi connectivity index (χ2n) is 28.5. The van der Waals surface area contributed by atoms with E-state index in [2.05, 4.69) is 47.3 Å². The minimum atomic E-state index is 0.826. The fourth-order valence-electron chi connectivity index (χ4n) is 25.4. The van der Waals surface area contributed by atoms with Gasteiger partial charge in [-0.3, -0.25) is 19.6 Å². The van der Waals surface area contributed by atoms with Gasteiger partial charge in [0.05, 0.1) is 0 Å². The zero-order chi connectivity index (χ0) is 42.3. The Bertz CT molecular complexity index is 1610. The molecule has 0 amide bonds. The van der Waals surface area contributed by atoms with E-state index in [1.54, 1.807) is 89.9 Å². The van der Waals surface area contributed by atoms with Gasteiger partial charge < -0.3 is 0 Å². The van der Waals surface area contributed by atoms with E-state index in [0.717, 1.165) is 167 Å². The summed E-state index contributed by atoms with van der Waals surface area (Å²) >= 11 is 0. The Hall–Kier alpha value is -0.160. The average molecular weight is 873 g/mol. The van der Waals surface area contributed by atoms with Gasteiger partial charge in [-0.25, -0.2) is 0 Å². The normalized spacial score (nSPS) is 57.1. The van der Waals surface area contributed by atoms with Crippen molar-refractivity contribution in [2.24, 2.45) is 94.7 Å². The Kier molecular flexibility index (Phi) is 10.2. The van der Waals surface area contributed by atoms with Crippen molar-refractivity contribution in [2.75, 3.05) is 0 Å². The molecule has 0 radical (unpaired) electrons. The van der Waals surface area contributed by atoms with E-state index in [1.165, 1.54) is 89.9 Å². The highest BCUT2D eigenvalue weighted by Crippen LogP contribution is 2.72. The van der Waals surface area contributed by atoms with Crippen LogP contribution in [0.3, 0.4) is 0 Å². The van der Waals surface area contributed by atoms with Crippen LogP contribution in [0.5, 0.6) is 0 Å². The predicted molar refractivity (Wildman–Crippen MR) is 261 cm³/mol. The van der Waals surface area contributed by atoms with Crippen molar-refractivity contribution in [1.82, 2.24) is 19.6 Å². The molecule has 15 aliphatic rings. The molecule has 64 heavy (non-hydrogen) atoms. The third-order valence-corrected chi connectivity index (χ3v) is 26.4. The van der Waals surface area contributed by atoms with Crippen LogP contribution >= 0.6 is 0 Å². The number of rotatable bonds is 4. The van der Waals surface area contributed by atoms with Gasteiger partial charge in [0.15, 0.2) is 0 Å². The summed E-state index contributed by atoms with van der Waals surface area (Å²) in [5.41, 5.74) is 0. The Labute approximate surface area is 392 Å². The van der Waals surface area contributed by atoms with E-state index in [-0.39, 0.29) is 0 Å². The van der Waals surface area contributed by atoms with E-state index >= 15 is 0 Å². The van der Waals surface area contributed by atoms with Crippen molar-refractivity contribution >= 4 is 0 Å². The molecule has 356 valence electrons. The van der Waals surface area contributed by atoms with Gasteiger partial charge in [-0.05, 0) is 197 Å². The van der Waals surface area contributed by atoms with Gasteiger partial charge in [0.1, 0.15) is 0 Å². The van der Waals surface area contributed by atoms with Gasteiger partial charge >= 0.3 is 0 Å². The zero-order valence-corrected chi connectivity index (χ0v) is 41.8. The summed E-state index contributed by atoms with van der Waals surface area (Å²) in [6.45, 7) is 11.2. The molecule has 0 bridgehead atoms. The Balaban J connectivity index is 0.792. The van der Waals surface area contributed by atoms with Gasteiger partial charge in [0, 0.05) is 72.5 Å². The van der Waals surface area contributed by atoms with Crippen molar-refractivity contribution in [3.8, 4) is 0 Å². The zero-order valence-electron chi connectivity index (χ0n) is 41.8. The van der Waals surface area contributed by atoms with Crippen LogP contribution < -0.4 is 0 Å². The van der Waals surface area contributed by atoms with Gasteiger partial charge in [-0.2, -0.15) is 0 Å². The van der Waals surface area contributed by atoms with Crippen molar-refractivity contribution in [3.05, 3.63) is 0 Å². The molecule has 0 aromatic heterocycles. The number of hydrogen-bond acceptors (Lipinski definition) is 4. The van der Waals surface area contributed by atoms with Crippen LogP contribution in [0.25, 0.3) is 0 Å². The molecular formula is C60H96N4. The minimum absolute atomic E-state index is 0.826. The van der Waals surface area contributed by atoms with Crippen molar-refractivity contribution in [2.45, 2.75) is 280 Å². The van der Waals surface area contributed by atoms with Crippen LogP contribution in [0.15, 0.2) is 0 Å². The Morgan fingerprint density at radius 2 is 0.594 bits per heavy atom. The molecule has 15 fully saturated rings. The molecule has 0 N–H and O–H groups in total. The smallest absolute Gasteiger partial charge is 0.0170 e. The third kappa shape index (κ3) is 5.62. The summed E-state index contributed by atoms with van der Waals surface area (Å²) in [5.74, 6) is 15.6. The second-order valence-corrected chi connectivity index (χ2v) is 28.5. The third-order valence-electron chi connectivity index (χ3n) is 26.4. The highest BCUT2D eigenvalue weighted by molar-refractivity contribution is 5.28.